The molecule has 2 rings (SSSR count). The summed E-state index contributed by atoms with van der Waals surface area (Å²) in [5.74, 6) is 0.397. The van der Waals surface area contributed by atoms with E-state index in [4.69, 9.17) is 0 Å². The average Bonchev–Trinajstić information content (AvgIpc) is 2.84. The third-order valence-corrected chi connectivity index (χ3v) is 3.32. The van der Waals surface area contributed by atoms with Crippen molar-refractivity contribution in [3.05, 3.63) is 57.4 Å². The van der Waals surface area contributed by atoms with Crippen molar-refractivity contribution >= 4 is 23.7 Å². The van der Waals surface area contributed by atoms with Gasteiger partial charge in [0.25, 0.3) is 5.91 Å². The second kappa shape index (κ2) is 5.59. The molecular formula is C13H11NO2S. The quantitative estimate of drug-likeness (QED) is 0.768. The Kier molecular flexibility index (Phi) is 3.88. The number of allylic oxidation sites excluding steroid dienone is 1. The second-order valence-electron chi connectivity index (χ2n) is 3.66. The number of nitroso groups, excluding NO2 is 1. The van der Waals surface area contributed by atoms with Gasteiger partial charge in [-0.25, -0.2) is 0 Å². The molecule has 3 nitrogen and oxygen atoms in total. The maximum atomic E-state index is 10.8. The molecule has 1 aromatic rings. The van der Waals surface area contributed by atoms with Crippen LogP contribution in [0, 0.1) is 4.91 Å². The summed E-state index contributed by atoms with van der Waals surface area (Å²) in [6.07, 6.45) is 6.39. The summed E-state index contributed by atoms with van der Waals surface area (Å²) in [6.45, 7) is 0. The number of nitrogens with zero attached hydrogens (tertiary/aromatic N) is 1. The van der Waals surface area contributed by atoms with Gasteiger partial charge in [0, 0.05) is 15.8 Å². The number of carbonyl (C=O) groups excluding carboxylic acids is 1. The van der Waals surface area contributed by atoms with Gasteiger partial charge in [-0.2, -0.15) is 0 Å². The van der Waals surface area contributed by atoms with Gasteiger partial charge >= 0.3 is 0 Å². The number of hydrogen-bond donors (Lipinski definition) is 0. The van der Waals surface area contributed by atoms with Crippen LogP contribution in [-0.2, 0) is 11.2 Å². The Labute approximate surface area is 104 Å². The van der Waals surface area contributed by atoms with Crippen molar-refractivity contribution in [2.75, 3.05) is 5.75 Å². The number of carbonyl (C=O) groups is 1. The Bertz CT molecular complexity index is 489. The molecule has 4 heteroatoms. The van der Waals surface area contributed by atoms with Gasteiger partial charge in [-0.3, -0.25) is 4.79 Å². The van der Waals surface area contributed by atoms with E-state index in [0.717, 1.165) is 16.9 Å². The van der Waals surface area contributed by atoms with Crippen LogP contribution in [0.4, 0.5) is 0 Å². The van der Waals surface area contributed by atoms with E-state index in [-0.39, 0.29) is 6.42 Å². The highest BCUT2D eigenvalue weighted by atomic mass is 32.2. The molecule has 0 saturated carbocycles. The van der Waals surface area contributed by atoms with E-state index in [1.54, 1.807) is 11.8 Å². The molecule has 0 atom stereocenters. The SMILES string of the molecule is O=NC(=O)Cc1ccc(/C=C2/C=CCS2)cc1. The number of amides is 1. The molecule has 0 aromatic heterocycles. The van der Waals surface area contributed by atoms with Crippen molar-refractivity contribution in [2.45, 2.75) is 6.42 Å². The number of benzene rings is 1. The zero-order valence-electron chi connectivity index (χ0n) is 9.13. The van der Waals surface area contributed by atoms with Crippen molar-refractivity contribution < 1.29 is 4.79 Å². The first-order chi connectivity index (χ1) is 8.28. The lowest BCUT2D eigenvalue weighted by atomic mass is 10.1. The molecule has 0 bridgehead atoms. The summed E-state index contributed by atoms with van der Waals surface area (Å²) in [5.41, 5.74) is 1.90. The fourth-order valence-corrected chi connectivity index (χ4v) is 2.35. The van der Waals surface area contributed by atoms with E-state index < -0.39 is 5.91 Å². The Balaban J connectivity index is 2.07. The summed E-state index contributed by atoms with van der Waals surface area (Å²) in [6, 6.07) is 7.57. The Morgan fingerprint density at radius 1 is 1.35 bits per heavy atom. The molecule has 0 N–H and O–H groups in total. The van der Waals surface area contributed by atoms with Gasteiger partial charge in [0.1, 0.15) is 0 Å². The van der Waals surface area contributed by atoms with E-state index in [2.05, 4.69) is 23.4 Å². The summed E-state index contributed by atoms with van der Waals surface area (Å²) in [5, 5.41) is 2.38. The third-order valence-electron chi connectivity index (χ3n) is 2.37. The van der Waals surface area contributed by atoms with E-state index in [9.17, 15) is 9.70 Å². The summed E-state index contributed by atoms with van der Waals surface area (Å²) >= 11 is 1.80. The Morgan fingerprint density at radius 2 is 2.12 bits per heavy atom. The van der Waals surface area contributed by atoms with Gasteiger partial charge < -0.3 is 0 Å². The lowest BCUT2D eigenvalue weighted by molar-refractivity contribution is -0.117. The van der Waals surface area contributed by atoms with Crippen molar-refractivity contribution in [1.82, 2.24) is 0 Å². The third kappa shape index (κ3) is 3.39. The molecule has 0 unspecified atom stereocenters. The summed E-state index contributed by atoms with van der Waals surface area (Å²) in [4.78, 5) is 22.1. The Hall–Kier alpha value is -1.68. The molecule has 17 heavy (non-hydrogen) atoms. The van der Waals surface area contributed by atoms with E-state index in [1.165, 1.54) is 4.91 Å². The molecule has 0 fully saturated rings. The summed E-state index contributed by atoms with van der Waals surface area (Å²) in [7, 11) is 0. The first-order valence-corrected chi connectivity index (χ1v) is 6.22. The second-order valence-corrected chi connectivity index (χ2v) is 4.76. The highest BCUT2D eigenvalue weighted by Gasteiger charge is 2.03. The minimum absolute atomic E-state index is 0.0784. The van der Waals surface area contributed by atoms with Gasteiger partial charge in [0.2, 0.25) is 0 Å². The van der Waals surface area contributed by atoms with Crippen LogP contribution in [0.15, 0.2) is 46.5 Å². The number of rotatable bonds is 3. The van der Waals surface area contributed by atoms with Crippen LogP contribution >= 0.6 is 11.8 Å². The normalized spacial score (nSPS) is 16.4. The topological polar surface area (TPSA) is 46.5 Å². The smallest absolute Gasteiger partial charge is 0.269 e. The van der Waals surface area contributed by atoms with Crippen molar-refractivity contribution in [1.29, 1.82) is 0 Å². The van der Waals surface area contributed by atoms with Crippen LogP contribution in [0.5, 0.6) is 0 Å². The van der Waals surface area contributed by atoms with Gasteiger partial charge in [-0.15, -0.1) is 16.7 Å². The molecule has 1 amide bonds. The number of thioether (sulfide) groups is 1. The minimum Gasteiger partial charge on any atom is -0.269 e. The molecule has 0 aliphatic carbocycles. The molecular weight excluding hydrogens is 234 g/mol. The molecule has 0 radical (unpaired) electrons. The monoisotopic (exact) mass is 245 g/mol. The largest absolute Gasteiger partial charge is 0.290 e. The van der Waals surface area contributed by atoms with E-state index >= 15 is 0 Å². The predicted octanol–water partition coefficient (Wildman–Crippen LogP) is 3.17. The standard InChI is InChI=1S/C13H11NO2S/c15-13(14-16)9-11-5-3-10(4-6-11)8-12-2-1-7-17-12/h1-6,8H,7,9H2/b12-8-. The molecule has 86 valence electrons. The molecule has 0 spiro atoms. The first-order valence-electron chi connectivity index (χ1n) is 5.24. The molecule has 1 aliphatic heterocycles. The zero-order valence-corrected chi connectivity index (χ0v) is 9.94. The number of hydrogen-bond acceptors (Lipinski definition) is 3. The van der Waals surface area contributed by atoms with Crippen molar-refractivity contribution in [3.63, 3.8) is 0 Å². The lowest BCUT2D eigenvalue weighted by Crippen LogP contribution is -1.97. The molecule has 0 saturated heterocycles. The van der Waals surface area contributed by atoms with Crippen LogP contribution < -0.4 is 0 Å². The Morgan fingerprint density at radius 3 is 2.71 bits per heavy atom. The van der Waals surface area contributed by atoms with E-state index in [1.807, 2.05) is 24.3 Å². The van der Waals surface area contributed by atoms with E-state index in [0.29, 0.717) is 0 Å². The fraction of sp³-hybridized carbons (Fsp3) is 0.154. The van der Waals surface area contributed by atoms with Gasteiger partial charge in [-0.1, -0.05) is 36.4 Å². The predicted molar refractivity (Wildman–Crippen MR) is 70.5 cm³/mol. The van der Waals surface area contributed by atoms with Crippen LogP contribution in [-0.4, -0.2) is 11.7 Å². The molecule has 1 aromatic carbocycles. The van der Waals surface area contributed by atoms with Crippen molar-refractivity contribution in [2.24, 2.45) is 5.18 Å². The van der Waals surface area contributed by atoms with Gasteiger partial charge in [0.05, 0.1) is 6.42 Å². The van der Waals surface area contributed by atoms with Gasteiger partial charge in [0.15, 0.2) is 0 Å². The average molecular weight is 245 g/mol. The van der Waals surface area contributed by atoms with Crippen LogP contribution in [0.3, 0.4) is 0 Å². The highest BCUT2D eigenvalue weighted by Crippen LogP contribution is 2.25. The van der Waals surface area contributed by atoms with Crippen LogP contribution in [0.1, 0.15) is 11.1 Å². The molecule has 1 aliphatic rings. The van der Waals surface area contributed by atoms with Crippen LogP contribution in [0.2, 0.25) is 0 Å². The maximum Gasteiger partial charge on any atom is 0.290 e. The lowest BCUT2D eigenvalue weighted by Gasteiger charge is -1.99. The fourth-order valence-electron chi connectivity index (χ4n) is 1.55. The molecule has 1 heterocycles. The summed E-state index contributed by atoms with van der Waals surface area (Å²) < 4.78 is 0. The van der Waals surface area contributed by atoms with Gasteiger partial charge in [-0.05, 0) is 17.2 Å². The van der Waals surface area contributed by atoms with Crippen LogP contribution in [0.25, 0.3) is 6.08 Å². The maximum absolute atomic E-state index is 10.8. The zero-order chi connectivity index (χ0) is 12.1. The first kappa shape index (κ1) is 11.8. The van der Waals surface area contributed by atoms with Crippen molar-refractivity contribution in [3.8, 4) is 0 Å². The highest BCUT2D eigenvalue weighted by molar-refractivity contribution is 8.03. The minimum atomic E-state index is -0.634.